The molecule has 33 heavy (non-hydrogen) atoms. The van der Waals surface area contributed by atoms with E-state index in [1.165, 1.54) is 4.90 Å². The fraction of sp³-hybridized carbons (Fsp3) is 0.111. The Morgan fingerprint density at radius 1 is 0.848 bits per heavy atom. The van der Waals surface area contributed by atoms with Gasteiger partial charge in [0.2, 0.25) is 0 Å². The highest BCUT2D eigenvalue weighted by Gasteiger charge is 2.51. The number of fused-ring (bicyclic) bond motifs is 2. The Labute approximate surface area is 201 Å². The molecule has 4 aromatic carbocycles. The van der Waals surface area contributed by atoms with Crippen molar-refractivity contribution in [1.29, 1.82) is 0 Å². The molecule has 1 amide bonds. The van der Waals surface area contributed by atoms with Crippen LogP contribution in [0.5, 0.6) is 0 Å². The zero-order valence-electron chi connectivity index (χ0n) is 17.5. The van der Waals surface area contributed by atoms with Gasteiger partial charge in [-0.15, -0.1) is 0 Å². The van der Waals surface area contributed by atoms with E-state index in [-0.39, 0.29) is 18.7 Å². The summed E-state index contributed by atoms with van der Waals surface area (Å²) in [5, 5.41) is 14.2. The van der Waals surface area contributed by atoms with Crippen molar-refractivity contribution in [2.24, 2.45) is 0 Å². The summed E-state index contributed by atoms with van der Waals surface area (Å²) >= 11 is 12.7. The standard InChI is InChI=1S/C27H19Cl2NO3/c28-22-12-6-13-23(29)20(22)16-30-24-14-4-3-11-21(24)27(33,26(30)32)15-25(31)19-10-5-8-17-7-1-2-9-18(17)19/h1-14,33H,15-16H2. The minimum absolute atomic E-state index is 0.0825. The largest absolute Gasteiger partial charge is 0.375 e. The number of Topliss-reactive ketones (excluding diaryl/α,β-unsaturated/α-hetero) is 1. The molecule has 0 aliphatic carbocycles. The number of ketones is 1. The minimum atomic E-state index is -1.99. The van der Waals surface area contributed by atoms with Crippen molar-refractivity contribution in [2.75, 3.05) is 4.90 Å². The van der Waals surface area contributed by atoms with Crippen LogP contribution in [0.4, 0.5) is 5.69 Å². The molecule has 6 heteroatoms. The molecule has 1 heterocycles. The van der Waals surface area contributed by atoms with Crippen LogP contribution in [0.1, 0.15) is 27.9 Å². The van der Waals surface area contributed by atoms with Gasteiger partial charge in [0.25, 0.3) is 5.91 Å². The lowest BCUT2D eigenvalue weighted by Crippen LogP contribution is -2.41. The van der Waals surface area contributed by atoms with E-state index in [0.717, 1.165) is 10.8 Å². The van der Waals surface area contributed by atoms with Crippen LogP contribution in [0.25, 0.3) is 10.8 Å². The molecule has 164 valence electrons. The van der Waals surface area contributed by atoms with Gasteiger partial charge in [-0.25, -0.2) is 0 Å². The zero-order chi connectivity index (χ0) is 23.2. The molecule has 1 atom stereocenters. The molecule has 5 rings (SSSR count). The number of nitrogens with zero attached hydrogens (tertiary/aromatic N) is 1. The molecular weight excluding hydrogens is 457 g/mol. The molecule has 1 aliphatic rings. The number of carbonyl (C=O) groups is 2. The highest BCUT2D eigenvalue weighted by atomic mass is 35.5. The smallest absolute Gasteiger partial charge is 0.264 e. The second-order valence-electron chi connectivity index (χ2n) is 8.10. The van der Waals surface area contributed by atoms with Gasteiger partial charge in [0, 0.05) is 26.7 Å². The summed E-state index contributed by atoms with van der Waals surface area (Å²) in [6, 6.07) is 25.1. The predicted molar refractivity (Wildman–Crippen MR) is 131 cm³/mol. The Kier molecular flexibility index (Phi) is 5.45. The quantitative estimate of drug-likeness (QED) is 0.352. The maximum Gasteiger partial charge on any atom is 0.264 e. The van der Waals surface area contributed by atoms with Gasteiger partial charge in [-0.1, -0.05) is 89.9 Å². The topological polar surface area (TPSA) is 57.6 Å². The van der Waals surface area contributed by atoms with Gasteiger partial charge in [0.15, 0.2) is 11.4 Å². The third-order valence-corrected chi connectivity index (χ3v) is 6.83. The number of para-hydroxylation sites is 1. The van der Waals surface area contributed by atoms with E-state index in [2.05, 4.69) is 0 Å². The average molecular weight is 476 g/mol. The second-order valence-corrected chi connectivity index (χ2v) is 8.91. The molecule has 0 aromatic heterocycles. The van der Waals surface area contributed by atoms with Crippen LogP contribution in [0.3, 0.4) is 0 Å². The first kappa shape index (κ1) is 21.7. The normalized spacial score (nSPS) is 17.4. The predicted octanol–water partition coefficient (Wildman–Crippen LogP) is 6.15. The number of rotatable bonds is 5. The first-order valence-corrected chi connectivity index (χ1v) is 11.2. The van der Waals surface area contributed by atoms with E-state index < -0.39 is 11.5 Å². The molecule has 1 aliphatic heterocycles. The number of hydrogen-bond acceptors (Lipinski definition) is 3. The molecule has 0 bridgehead atoms. The molecule has 0 fully saturated rings. The van der Waals surface area contributed by atoms with Crippen molar-refractivity contribution in [3.63, 3.8) is 0 Å². The SMILES string of the molecule is O=C(CC1(O)C(=O)N(Cc2c(Cl)cccc2Cl)c2ccccc21)c1cccc2ccccc12. The first-order valence-electron chi connectivity index (χ1n) is 10.5. The summed E-state index contributed by atoms with van der Waals surface area (Å²) in [5.74, 6) is -0.886. The Bertz CT molecular complexity index is 1390. The molecule has 4 nitrogen and oxygen atoms in total. The van der Waals surface area contributed by atoms with Crippen LogP contribution < -0.4 is 4.90 Å². The fourth-order valence-electron chi connectivity index (χ4n) is 4.47. The van der Waals surface area contributed by atoms with Crippen molar-refractivity contribution >= 4 is 51.4 Å². The summed E-state index contributed by atoms with van der Waals surface area (Å²) in [7, 11) is 0. The van der Waals surface area contributed by atoms with Gasteiger partial charge >= 0.3 is 0 Å². The first-order chi connectivity index (χ1) is 15.9. The highest BCUT2D eigenvalue weighted by molar-refractivity contribution is 6.36. The third-order valence-electron chi connectivity index (χ3n) is 6.12. The number of amides is 1. The summed E-state index contributed by atoms with van der Waals surface area (Å²) in [6.07, 6.45) is -0.371. The summed E-state index contributed by atoms with van der Waals surface area (Å²) in [6.45, 7) is 0.0825. The molecule has 0 radical (unpaired) electrons. The van der Waals surface area contributed by atoms with Crippen molar-refractivity contribution in [1.82, 2.24) is 0 Å². The van der Waals surface area contributed by atoms with E-state index in [4.69, 9.17) is 23.2 Å². The van der Waals surface area contributed by atoms with Crippen LogP contribution >= 0.6 is 23.2 Å². The highest BCUT2D eigenvalue weighted by Crippen LogP contribution is 2.44. The lowest BCUT2D eigenvalue weighted by atomic mass is 9.87. The van der Waals surface area contributed by atoms with Crippen LogP contribution in [-0.4, -0.2) is 16.8 Å². The molecule has 0 saturated heterocycles. The number of anilines is 1. The number of halogens is 2. The Balaban J connectivity index is 1.54. The molecule has 1 N–H and O–H groups in total. The molecular formula is C27H19Cl2NO3. The minimum Gasteiger partial charge on any atom is -0.375 e. The zero-order valence-corrected chi connectivity index (χ0v) is 19.0. The fourth-order valence-corrected chi connectivity index (χ4v) is 4.99. The van der Waals surface area contributed by atoms with Gasteiger partial charge in [-0.2, -0.15) is 0 Å². The molecule has 1 unspecified atom stereocenters. The van der Waals surface area contributed by atoms with Gasteiger partial charge in [-0.05, 0) is 29.0 Å². The van der Waals surface area contributed by atoms with Gasteiger partial charge in [0.1, 0.15) is 0 Å². The lowest BCUT2D eigenvalue weighted by molar-refractivity contribution is -0.136. The van der Waals surface area contributed by atoms with Crippen LogP contribution in [0.15, 0.2) is 84.9 Å². The summed E-state index contributed by atoms with van der Waals surface area (Å²) in [5.41, 5.74) is -0.00951. The van der Waals surface area contributed by atoms with Crippen LogP contribution in [0.2, 0.25) is 10.0 Å². The second kappa shape index (κ2) is 8.31. The monoisotopic (exact) mass is 475 g/mol. The van der Waals surface area contributed by atoms with Crippen molar-refractivity contribution in [3.8, 4) is 0 Å². The van der Waals surface area contributed by atoms with E-state index in [1.54, 1.807) is 54.6 Å². The molecule has 4 aromatic rings. The van der Waals surface area contributed by atoms with Crippen molar-refractivity contribution in [3.05, 3.63) is 112 Å². The maximum absolute atomic E-state index is 13.6. The van der Waals surface area contributed by atoms with Gasteiger partial charge in [0.05, 0.1) is 18.7 Å². The lowest BCUT2D eigenvalue weighted by Gasteiger charge is -2.23. The summed E-state index contributed by atoms with van der Waals surface area (Å²) in [4.78, 5) is 28.4. The number of hydrogen-bond donors (Lipinski definition) is 1. The van der Waals surface area contributed by atoms with Crippen molar-refractivity contribution < 1.29 is 14.7 Å². The van der Waals surface area contributed by atoms with Crippen molar-refractivity contribution in [2.45, 2.75) is 18.6 Å². The van der Waals surface area contributed by atoms with E-state index >= 15 is 0 Å². The van der Waals surface area contributed by atoms with Crippen LogP contribution in [-0.2, 0) is 16.9 Å². The van der Waals surface area contributed by atoms with E-state index in [1.807, 2.05) is 30.3 Å². The Morgan fingerprint density at radius 2 is 1.48 bits per heavy atom. The molecule has 0 saturated carbocycles. The number of benzene rings is 4. The van der Waals surface area contributed by atoms with E-state index in [9.17, 15) is 14.7 Å². The number of carbonyl (C=O) groups excluding carboxylic acids is 2. The molecule has 0 spiro atoms. The van der Waals surface area contributed by atoms with Crippen LogP contribution in [0, 0.1) is 0 Å². The average Bonchev–Trinajstić information content (AvgIpc) is 3.02. The summed E-state index contributed by atoms with van der Waals surface area (Å²) < 4.78 is 0. The van der Waals surface area contributed by atoms with E-state index in [0.29, 0.717) is 32.4 Å². The Morgan fingerprint density at radius 3 is 2.27 bits per heavy atom. The number of aliphatic hydroxyl groups is 1. The third kappa shape index (κ3) is 3.61. The Hall–Kier alpha value is -3.18. The maximum atomic E-state index is 13.6. The van der Waals surface area contributed by atoms with Gasteiger partial charge < -0.3 is 10.0 Å². The van der Waals surface area contributed by atoms with Gasteiger partial charge in [-0.3, -0.25) is 9.59 Å².